The minimum absolute atomic E-state index is 0.416. The Balaban J connectivity index is 0.000000689. The molecule has 4 aliphatic rings. The molecule has 1 unspecified atom stereocenters. The lowest BCUT2D eigenvalue weighted by Gasteiger charge is -2.47. The van der Waals surface area contributed by atoms with Crippen LogP contribution in [0, 0.1) is 0 Å². The lowest BCUT2D eigenvalue weighted by Crippen LogP contribution is -2.54. The fourth-order valence-electron chi connectivity index (χ4n) is 5.46. The highest BCUT2D eigenvalue weighted by Crippen LogP contribution is 2.41. The van der Waals surface area contributed by atoms with Crippen molar-refractivity contribution in [3.05, 3.63) is 52.5 Å². The van der Waals surface area contributed by atoms with Gasteiger partial charge < -0.3 is 24.7 Å². The van der Waals surface area contributed by atoms with Crippen LogP contribution in [0.1, 0.15) is 55.6 Å². The van der Waals surface area contributed by atoms with Crippen molar-refractivity contribution in [3.8, 4) is 16.9 Å². The van der Waals surface area contributed by atoms with Crippen molar-refractivity contribution in [2.45, 2.75) is 62.9 Å². The van der Waals surface area contributed by atoms with Gasteiger partial charge in [-0.15, -0.1) is 0 Å². The summed E-state index contributed by atoms with van der Waals surface area (Å²) in [4.78, 5) is 10.6. The molecule has 0 aromatic heterocycles. The number of nitrogens with two attached hydrogens (primary N) is 1. The first-order valence-electron chi connectivity index (χ1n) is 12.6. The van der Waals surface area contributed by atoms with Crippen LogP contribution in [0.25, 0.3) is 11.1 Å². The Hall–Kier alpha value is -1.96. The third-order valence-electron chi connectivity index (χ3n) is 7.70. The number of carbonyl (C=O) groups is 1. The maximum Gasteiger partial charge on any atom is 0.213 e. The Morgan fingerprint density at radius 2 is 1.74 bits per heavy atom. The molecule has 7 heteroatoms. The second kappa shape index (κ2) is 11.8. The highest BCUT2D eigenvalue weighted by Gasteiger charge is 2.42. The topological polar surface area (TPSA) is 74.0 Å². The maximum atomic E-state index is 8.00. The first-order valence-corrected chi connectivity index (χ1v) is 13.0. The molecule has 6 nitrogen and oxygen atoms in total. The smallest absolute Gasteiger partial charge is 0.213 e. The van der Waals surface area contributed by atoms with Gasteiger partial charge in [-0.3, -0.25) is 4.90 Å². The molecule has 2 saturated heterocycles. The quantitative estimate of drug-likeness (QED) is 0.628. The van der Waals surface area contributed by atoms with E-state index in [2.05, 4.69) is 47.0 Å². The van der Waals surface area contributed by atoms with Gasteiger partial charge in [-0.05, 0) is 61.2 Å². The maximum absolute atomic E-state index is 8.00. The third-order valence-corrected chi connectivity index (χ3v) is 8.03. The predicted octanol–water partition coefficient (Wildman–Crippen LogP) is 5.15. The second-order valence-corrected chi connectivity index (χ2v) is 9.95. The summed E-state index contributed by atoms with van der Waals surface area (Å²) in [5, 5.41) is 0.829. The number of hydrogen-bond donors (Lipinski definition) is 1. The SMILES string of the molecule is C=O.CN.Clc1cc(-c2ccc3c(c2)COC2(CCN(C4CCC4)CC2)O3)ccc1C1CCOC1. The first kappa shape index (κ1) is 26.1. The molecule has 2 aromatic carbocycles. The Bertz CT molecular complexity index is 983. The van der Waals surface area contributed by atoms with Crippen molar-refractivity contribution in [3.63, 3.8) is 0 Å². The zero-order valence-corrected chi connectivity index (χ0v) is 21.4. The van der Waals surface area contributed by atoms with Crippen LogP contribution >= 0.6 is 11.6 Å². The Morgan fingerprint density at radius 1 is 1.03 bits per heavy atom. The molecule has 1 spiro atoms. The van der Waals surface area contributed by atoms with Crippen molar-refractivity contribution < 1.29 is 19.0 Å². The number of benzene rings is 2. The van der Waals surface area contributed by atoms with Crippen molar-refractivity contribution in [1.82, 2.24) is 4.90 Å². The van der Waals surface area contributed by atoms with Crippen molar-refractivity contribution >= 4 is 18.4 Å². The van der Waals surface area contributed by atoms with Crippen LogP contribution < -0.4 is 10.5 Å². The first-order chi connectivity index (χ1) is 17.2. The molecule has 35 heavy (non-hydrogen) atoms. The summed E-state index contributed by atoms with van der Waals surface area (Å²) in [6, 6.07) is 13.7. The average molecular weight is 501 g/mol. The molecule has 3 aliphatic heterocycles. The Morgan fingerprint density at radius 3 is 2.37 bits per heavy atom. The molecular formula is C28H37ClN2O4. The third kappa shape index (κ3) is 5.57. The monoisotopic (exact) mass is 500 g/mol. The van der Waals surface area contributed by atoms with E-state index in [1.165, 1.54) is 31.9 Å². The van der Waals surface area contributed by atoms with Crippen LogP contribution in [-0.2, 0) is 20.9 Å². The van der Waals surface area contributed by atoms with Crippen LogP contribution in [0.4, 0.5) is 0 Å². The zero-order chi connectivity index (χ0) is 24.8. The number of fused-ring (bicyclic) bond motifs is 1. The summed E-state index contributed by atoms with van der Waals surface area (Å²) >= 11 is 6.64. The lowest BCUT2D eigenvalue weighted by atomic mass is 9.89. The van der Waals surface area contributed by atoms with E-state index < -0.39 is 5.79 Å². The summed E-state index contributed by atoms with van der Waals surface area (Å²) in [7, 11) is 1.50. The highest BCUT2D eigenvalue weighted by atomic mass is 35.5. The summed E-state index contributed by atoms with van der Waals surface area (Å²) in [6.07, 6.45) is 7.06. The van der Waals surface area contributed by atoms with E-state index in [1.807, 2.05) is 6.79 Å². The fraction of sp³-hybridized carbons (Fsp3) is 0.536. The number of likely N-dealkylation sites (tertiary alicyclic amines) is 1. The molecule has 3 heterocycles. The summed E-state index contributed by atoms with van der Waals surface area (Å²) < 4.78 is 18.3. The van der Waals surface area contributed by atoms with Gasteiger partial charge in [0.1, 0.15) is 12.5 Å². The van der Waals surface area contributed by atoms with Gasteiger partial charge in [0.15, 0.2) is 0 Å². The second-order valence-electron chi connectivity index (χ2n) is 9.54. The highest BCUT2D eigenvalue weighted by molar-refractivity contribution is 6.31. The van der Waals surface area contributed by atoms with Gasteiger partial charge in [0.2, 0.25) is 5.79 Å². The van der Waals surface area contributed by atoms with Crippen molar-refractivity contribution in [1.29, 1.82) is 0 Å². The number of hydrogen-bond acceptors (Lipinski definition) is 6. The number of nitrogens with zero attached hydrogens (tertiary/aromatic N) is 1. The van der Waals surface area contributed by atoms with Crippen LogP contribution in [-0.4, -0.2) is 56.9 Å². The molecular weight excluding hydrogens is 464 g/mol. The van der Waals surface area contributed by atoms with E-state index in [4.69, 9.17) is 30.6 Å². The molecule has 190 valence electrons. The van der Waals surface area contributed by atoms with Gasteiger partial charge in [-0.25, -0.2) is 0 Å². The zero-order valence-electron chi connectivity index (χ0n) is 20.6. The van der Waals surface area contributed by atoms with Crippen LogP contribution in [0.5, 0.6) is 5.75 Å². The van der Waals surface area contributed by atoms with Gasteiger partial charge in [-0.1, -0.05) is 36.2 Å². The van der Waals surface area contributed by atoms with E-state index >= 15 is 0 Å². The molecule has 2 aromatic rings. The molecule has 0 amide bonds. The standard InChI is InChI=1S/C26H30ClNO3.CH5N.CH2O/c27-24-15-19(4-6-23(24)20-8-13-29-16-20)18-5-7-25-21(14-18)17-30-26(31-25)9-11-28(12-10-26)22-2-1-3-22;2*1-2/h4-7,14-15,20,22H,1-3,8-13,16-17H2;2H2,1H3;1H2. The molecule has 3 fully saturated rings. The molecule has 1 atom stereocenters. The normalized spacial score (nSPS) is 23.1. The van der Waals surface area contributed by atoms with Gasteiger partial charge in [0, 0.05) is 55.1 Å². The lowest BCUT2D eigenvalue weighted by molar-refractivity contribution is -0.231. The molecule has 6 rings (SSSR count). The number of carbonyl (C=O) groups excluding carboxylic acids is 1. The fourth-order valence-corrected chi connectivity index (χ4v) is 5.79. The molecule has 1 aliphatic carbocycles. The van der Waals surface area contributed by atoms with Gasteiger partial charge >= 0.3 is 0 Å². The number of ether oxygens (including phenoxy) is 3. The van der Waals surface area contributed by atoms with Crippen molar-refractivity contribution in [2.24, 2.45) is 5.73 Å². The van der Waals surface area contributed by atoms with E-state index in [-0.39, 0.29) is 0 Å². The van der Waals surface area contributed by atoms with Crippen LogP contribution in [0.2, 0.25) is 5.02 Å². The number of rotatable bonds is 3. The number of halogens is 1. The minimum Gasteiger partial charge on any atom is -0.462 e. The van der Waals surface area contributed by atoms with Crippen LogP contribution in [0.15, 0.2) is 36.4 Å². The van der Waals surface area contributed by atoms with Gasteiger partial charge in [-0.2, -0.15) is 0 Å². The van der Waals surface area contributed by atoms with Crippen molar-refractivity contribution in [2.75, 3.05) is 33.4 Å². The van der Waals surface area contributed by atoms with Gasteiger partial charge in [0.05, 0.1) is 13.2 Å². The van der Waals surface area contributed by atoms with E-state index in [9.17, 15) is 0 Å². The van der Waals surface area contributed by atoms with E-state index in [0.29, 0.717) is 12.5 Å². The molecule has 0 bridgehead atoms. The summed E-state index contributed by atoms with van der Waals surface area (Å²) in [5.41, 5.74) is 9.10. The summed E-state index contributed by atoms with van der Waals surface area (Å²) in [6.45, 7) is 6.36. The van der Waals surface area contributed by atoms with E-state index in [0.717, 1.165) is 79.1 Å². The molecule has 2 N–H and O–H groups in total. The van der Waals surface area contributed by atoms with Crippen LogP contribution in [0.3, 0.4) is 0 Å². The van der Waals surface area contributed by atoms with E-state index in [1.54, 1.807) is 0 Å². The Kier molecular flexibility index (Phi) is 8.84. The predicted molar refractivity (Wildman–Crippen MR) is 139 cm³/mol. The number of piperidine rings is 1. The average Bonchev–Trinajstić information content (AvgIpc) is 3.41. The largest absolute Gasteiger partial charge is 0.462 e. The van der Waals surface area contributed by atoms with Gasteiger partial charge in [0.25, 0.3) is 0 Å². The molecule has 1 saturated carbocycles. The molecule has 0 radical (unpaired) electrons. The Labute approximate surface area is 213 Å². The summed E-state index contributed by atoms with van der Waals surface area (Å²) in [5.74, 6) is 0.944. The minimum atomic E-state index is -0.441.